The SMILES string of the molecule is C/C=C/[C@@H]1C(=O)N(S(=O)(=O)c2ccc(C)cc2)[C@@H]1c1ccc(Br)cc1. The highest BCUT2D eigenvalue weighted by Gasteiger charge is 2.52. The van der Waals surface area contributed by atoms with Crippen LogP contribution in [0.3, 0.4) is 0 Å². The van der Waals surface area contributed by atoms with Gasteiger partial charge in [0.25, 0.3) is 10.0 Å². The van der Waals surface area contributed by atoms with E-state index < -0.39 is 27.9 Å². The number of rotatable bonds is 4. The van der Waals surface area contributed by atoms with Crippen LogP contribution in [0.15, 0.2) is 70.1 Å². The fourth-order valence-electron chi connectivity index (χ4n) is 2.97. The molecule has 1 aliphatic heterocycles. The van der Waals surface area contributed by atoms with Gasteiger partial charge in [0.1, 0.15) is 0 Å². The van der Waals surface area contributed by atoms with Crippen molar-refractivity contribution in [3.63, 3.8) is 0 Å². The molecule has 1 amide bonds. The molecule has 1 aliphatic rings. The first-order valence-corrected chi connectivity index (χ1v) is 10.1. The molecule has 2 atom stereocenters. The van der Waals surface area contributed by atoms with E-state index in [4.69, 9.17) is 0 Å². The maximum atomic E-state index is 13.0. The lowest BCUT2D eigenvalue weighted by atomic mass is 9.85. The zero-order chi connectivity index (χ0) is 18.2. The Morgan fingerprint density at radius 2 is 1.64 bits per heavy atom. The number of aryl methyl sites for hydroxylation is 1. The Bertz CT molecular complexity index is 918. The van der Waals surface area contributed by atoms with E-state index in [0.717, 1.165) is 19.9 Å². The molecular formula is C19H18BrNO3S. The van der Waals surface area contributed by atoms with E-state index in [1.54, 1.807) is 36.4 Å². The number of benzene rings is 2. The van der Waals surface area contributed by atoms with Gasteiger partial charge >= 0.3 is 0 Å². The fourth-order valence-corrected chi connectivity index (χ4v) is 4.85. The summed E-state index contributed by atoms with van der Waals surface area (Å²) in [6.45, 7) is 3.71. The lowest BCUT2D eigenvalue weighted by Gasteiger charge is -2.45. The van der Waals surface area contributed by atoms with Crippen molar-refractivity contribution in [1.29, 1.82) is 0 Å². The summed E-state index contributed by atoms with van der Waals surface area (Å²) in [6, 6.07) is 13.4. The average Bonchev–Trinajstić information content (AvgIpc) is 2.58. The van der Waals surface area contributed by atoms with Gasteiger partial charge in [-0.3, -0.25) is 4.79 Å². The Morgan fingerprint density at radius 3 is 2.20 bits per heavy atom. The third-order valence-electron chi connectivity index (χ3n) is 4.28. The first-order chi connectivity index (χ1) is 11.9. The number of carbonyl (C=O) groups excluding carboxylic acids is 1. The number of sulfonamides is 1. The van der Waals surface area contributed by atoms with Crippen LogP contribution < -0.4 is 0 Å². The number of nitrogens with zero attached hydrogens (tertiary/aromatic N) is 1. The smallest absolute Gasteiger partial charge is 0.267 e. The molecule has 2 aromatic rings. The molecule has 0 aromatic heterocycles. The first-order valence-electron chi connectivity index (χ1n) is 7.89. The van der Waals surface area contributed by atoms with Crippen molar-refractivity contribution in [2.75, 3.05) is 0 Å². The minimum atomic E-state index is -3.89. The molecular weight excluding hydrogens is 402 g/mol. The van der Waals surface area contributed by atoms with Crippen LogP contribution in [-0.2, 0) is 14.8 Å². The van der Waals surface area contributed by atoms with Crippen LogP contribution in [0.2, 0.25) is 0 Å². The van der Waals surface area contributed by atoms with E-state index in [1.165, 1.54) is 0 Å². The van der Waals surface area contributed by atoms with Gasteiger partial charge in [0.2, 0.25) is 5.91 Å². The molecule has 0 saturated carbocycles. The molecule has 3 rings (SSSR count). The summed E-state index contributed by atoms with van der Waals surface area (Å²) in [6.07, 6.45) is 3.54. The van der Waals surface area contributed by atoms with Gasteiger partial charge in [-0.15, -0.1) is 0 Å². The van der Waals surface area contributed by atoms with Gasteiger partial charge in [-0.1, -0.05) is 57.9 Å². The van der Waals surface area contributed by atoms with E-state index in [1.807, 2.05) is 38.1 Å². The van der Waals surface area contributed by atoms with Crippen LogP contribution in [0.5, 0.6) is 0 Å². The quantitative estimate of drug-likeness (QED) is 0.550. The van der Waals surface area contributed by atoms with Crippen LogP contribution in [0.1, 0.15) is 24.1 Å². The predicted octanol–water partition coefficient (Wildman–Crippen LogP) is 4.22. The van der Waals surface area contributed by atoms with Gasteiger partial charge in [0, 0.05) is 4.47 Å². The van der Waals surface area contributed by atoms with E-state index >= 15 is 0 Å². The van der Waals surface area contributed by atoms with Gasteiger partial charge in [-0.2, -0.15) is 0 Å². The zero-order valence-electron chi connectivity index (χ0n) is 13.9. The summed E-state index contributed by atoms with van der Waals surface area (Å²) in [5.41, 5.74) is 1.76. The van der Waals surface area contributed by atoms with Crippen molar-refractivity contribution in [2.45, 2.75) is 24.8 Å². The summed E-state index contributed by atoms with van der Waals surface area (Å²) in [4.78, 5) is 12.7. The van der Waals surface area contributed by atoms with Crippen molar-refractivity contribution >= 4 is 31.9 Å². The molecule has 4 nitrogen and oxygen atoms in total. The normalized spacial score (nSPS) is 20.8. The molecule has 0 unspecified atom stereocenters. The maximum absolute atomic E-state index is 13.0. The number of allylic oxidation sites excluding steroid dienone is 1. The zero-order valence-corrected chi connectivity index (χ0v) is 16.3. The summed E-state index contributed by atoms with van der Waals surface area (Å²) in [5.74, 6) is -0.863. The Labute approximate surface area is 156 Å². The molecule has 1 saturated heterocycles. The predicted molar refractivity (Wildman–Crippen MR) is 100 cm³/mol. The Morgan fingerprint density at radius 1 is 1.04 bits per heavy atom. The third-order valence-corrected chi connectivity index (χ3v) is 6.61. The van der Waals surface area contributed by atoms with Crippen molar-refractivity contribution < 1.29 is 13.2 Å². The molecule has 6 heteroatoms. The number of amides is 1. The third kappa shape index (κ3) is 3.16. The maximum Gasteiger partial charge on any atom is 0.267 e. The Hall–Kier alpha value is -1.92. The summed E-state index contributed by atoms with van der Waals surface area (Å²) < 4.78 is 27.9. The second-order valence-electron chi connectivity index (χ2n) is 6.00. The minimum absolute atomic E-state index is 0.132. The molecule has 25 heavy (non-hydrogen) atoms. The van der Waals surface area contributed by atoms with Crippen molar-refractivity contribution in [3.8, 4) is 0 Å². The standard InChI is InChI=1S/C19H18BrNO3S/c1-3-4-17-18(14-7-9-15(20)10-8-14)21(19(17)22)25(23,24)16-11-5-13(2)6-12-16/h3-12,17-18H,1-2H3/b4-3+/t17-,18+/m0/s1. The monoisotopic (exact) mass is 419 g/mol. The highest BCUT2D eigenvalue weighted by Crippen LogP contribution is 2.44. The molecule has 0 N–H and O–H groups in total. The highest BCUT2D eigenvalue weighted by atomic mass is 79.9. The average molecular weight is 420 g/mol. The van der Waals surface area contributed by atoms with Crippen LogP contribution in [0.25, 0.3) is 0 Å². The topological polar surface area (TPSA) is 54.5 Å². The molecule has 1 heterocycles. The summed E-state index contributed by atoms with van der Waals surface area (Å²) in [5, 5.41) is 0. The number of β-lactam (4-membered cyclic amide) rings is 1. The highest BCUT2D eigenvalue weighted by molar-refractivity contribution is 9.10. The fraction of sp³-hybridized carbons (Fsp3) is 0.211. The molecule has 0 bridgehead atoms. The summed E-state index contributed by atoms with van der Waals surface area (Å²) >= 11 is 3.38. The molecule has 0 aliphatic carbocycles. The van der Waals surface area contributed by atoms with Gasteiger partial charge < -0.3 is 0 Å². The Balaban J connectivity index is 2.05. The molecule has 0 radical (unpaired) electrons. The second-order valence-corrected chi connectivity index (χ2v) is 8.73. The van der Waals surface area contributed by atoms with E-state index in [2.05, 4.69) is 15.9 Å². The first kappa shape index (κ1) is 17.9. The number of halogens is 1. The minimum Gasteiger partial charge on any atom is -0.273 e. The lowest BCUT2D eigenvalue weighted by molar-refractivity contribution is -0.143. The van der Waals surface area contributed by atoms with Crippen molar-refractivity contribution in [2.24, 2.45) is 5.92 Å². The van der Waals surface area contributed by atoms with Crippen molar-refractivity contribution in [3.05, 3.63) is 76.3 Å². The van der Waals surface area contributed by atoms with Crippen LogP contribution >= 0.6 is 15.9 Å². The van der Waals surface area contributed by atoms with Gasteiger partial charge in [0.15, 0.2) is 0 Å². The van der Waals surface area contributed by atoms with Gasteiger partial charge in [-0.25, -0.2) is 12.7 Å². The Kier molecular flexibility index (Phi) is 4.84. The van der Waals surface area contributed by atoms with Crippen LogP contribution in [0.4, 0.5) is 0 Å². The number of carbonyl (C=O) groups is 1. The molecule has 1 fully saturated rings. The van der Waals surface area contributed by atoms with E-state index in [0.29, 0.717) is 0 Å². The van der Waals surface area contributed by atoms with Gasteiger partial charge in [0.05, 0.1) is 16.9 Å². The van der Waals surface area contributed by atoms with Crippen LogP contribution in [-0.4, -0.2) is 18.6 Å². The van der Waals surface area contributed by atoms with E-state index in [-0.39, 0.29) is 4.90 Å². The van der Waals surface area contributed by atoms with Gasteiger partial charge in [-0.05, 0) is 43.7 Å². The van der Waals surface area contributed by atoms with E-state index in [9.17, 15) is 13.2 Å². The molecule has 130 valence electrons. The summed E-state index contributed by atoms with van der Waals surface area (Å²) in [7, 11) is -3.89. The lowest BCUT2D eigenvalue weighted by Crippen LogP contribution is -2.56. The number of hydrogen-bond donors (Lipinski definition) is 0. The molecule has 0 spiro atoms. The largest absolute Gasteiger partial charge is 0.273 e. The second kappa shape index (κ2) is 6.77. The molecule has 2 aromatic carbocycles. The van der Waals surface area contributed by atoms with Crippen LogP contribution in [0, 0.1) is 12.8 Å². The number of hydrogen-bond acceptors (Lipinski definition) is 3. The van der Waals surface area contributed by atoms with Crippen molar-refractivity contribution in [1.82, 2.24) is 4.31 Å².